The van der Waals surface area contributed by atoms with E-state index in [-0.39, 0.29) is 18.0 Å². The highest BCUT2D eigenvalue weighted by Gasteiger charge is 2.09. The molecule has 0 amide bonds. The van der Waals surface area contributed by atoms with Gasteiger partial charge in [0.2, 0.25) is 0 Å². The molecule has 0 saturated carbocycles. The molecule has 7 heteroatoms. The molecule has 21 heavy (non-hydrogen) atoms. The summed E-state index contributed by atoms with van der Waals surface area (Å²) in [6.45, 7) is -2.62. The summed E-state index contributed by atoms with van der Waals surface area (Å²) < 4.78 is 29.0. The van der Waals surface area contributed by atoms with E-state index in [1.165, 1.54) is 18.2 Å². The van der Waals surface area contributed by atoms with Gasteiger partial charge in [-0.05, 0) is 18.2 Å². The Labute approximate surface area is 119 Å². The van der Waals surface area contributed by atoms with Crippen molar-refractivity contribution in [1.29, 1.82) is 0 Å². The summed E-state index contributed by atoms with van der Waals surface area (Å²) in [5, 5.41) is 13.5. The molecule has 0 aromatic heterocycles. The molecule has 2 aromatic rings. The van der Waals surface area contributed by atoms with Gasteiger partial charge in [0.1, 0.15) is 5.75 Å². The lowest BCUT2D eigenvalue weighted by atomic mass is 10.2. The Morgan fingerprint density at radius 1 is 1.14 bits per heavy atom. The zero-order valence-corrected chi connectivity index (χ0v) is 10.8. The van der Waals surface area contributed by atoms with E-state index in [0.29, 0.717) is 11.3 Å². The lowest BCUT2D eigenvalue weighted by molar-refractivity contribution is -0.384. The van der Waals surface area contributed by atoms with Crippen LogP contribution in [0.4, 0.5) is 20.2 Å². The van der Waals surface area contributed by atoms with Crippen molar-refractivity contribution in [2.45, 2.75) is 13.2 Å². The molecule has 2 rings (SSSR count). The zero-order valence-electron chi connectivity index (χ0n) is 10.8. The van der Waals surface area contributed by atoms with Crippen LogP contribution in [0.3, 0.4) is 0 Å². The number of nitrogens with zero attached hydrogens (tertiary/aromatic N) is 1. The third kappa shape index (κ3) is 4.13. The van der Waals surface area contributed by atoms with Crippen molar-refractivity contribution in [3.8, 4) is 5.75 Å². The number of nitrogens with one attached hydrogen (secondary N) is 1. The number of hydrogen-bond donors (Lipinski definition) is 1. The van der Waals surface area contributed by atoms with Gasteiger partial charge in [-0.15, -0.1) is 0 Å². The lowest BCUT2D eigenvalue weighted by Gasteiger charge is -2.12. The molecule has 0 spiro atoms. The van der Waals surface area contributed by atoms with Crippen molar-refractivity contribution in [3.05, 3.63) is 64.2 Å². The van der Waals surface area contributed by atoms with E-state index in [1.54, 1.807) is 30.3 Å². The summed E-state index contributed by atoms with van der Waals surface area (Å²) in [5.74, 6) is 0.0990. The Morgan fingerprint density at radius 2 is 1.81 bits per heavy atom. The molecule has 0 aliphatic rings. The van der Waals surface area contributed by atoms with Crippen LogP contribution in [-0.2, 0) is 6.54 Å². The SMILES string of the molecule is O=[N+]([O-])c1ccc(NCc2ccccc2OC(F)F)cc1. The van der Waals surface area contributed by atoms with Gasteiger partial charge in [0.25, 0.3) is 5.69 Å². The maximum Gasteiger partial charge on any atom is 0.387 e. The Balaban J connectivity index is 2.04. The summed E-state index contributed by atoms with van der Waals surface area (Å²) in [6, 6.07) is 12.3. The minimum atomic E-state index is -2.88. The molecule has 1 N–H and O–H groups in total. The van der Waals surface area contributed by atoms with Crippen molar-refractivity contribution < 1.29 is 18.4 Å². The first kappa shape index (κ1) is 14.7. The maximum atomic E-state index is 12.3. The molecule has 0 aliphatic heterocycles. The summed E-state index contributed by atoms with van der Waals surface area (Å²) in [7, 11) is 0. The van der Waals surface area contributed by atoms with Crippen LogP contribution in [0, 0.1) is 10.1 Å². The molecule has 2 aromatic carbocycles. The van der Waals surface area contributed by atoms with E-state index in [1.807, 2.05) is 0 Å². The van der Waals surface area contributed by atoms with Crippen LogP contribution in [0.1, 0.15) is 5.56 Å². The van der Waals surface area contributed by atoms with E-state index in [4.69, 9.17) is 0 Å². The highest BCUT2D eigenvalue weighted by molar-refractivity contribution is 5.49. The summed E-state index contributed by atoms with van der Waals surface area (Å²) >= 11 is 0. The Hall–Kier alpha value is -2.70. The smallest absolute Gasteiger partial charge is 0.387 e. The maximum absolute atomic E-state index is 12.3. The fraction of sp³-hybridized carbons (Fsp3) is 0.143. The van der Waals surface area contributed by atoms with Crippen LogP contribution in [0.25, 0.3) is 0 Å². The van der Waals surface area contributed by atoms with Gasteiger partial charge in [-0.3, -0.25) is 10.1 Å². The molecule has 0 bridgehead atoms. The van der Waals surface area contributed by atoms with Gasteiger partial charge in [0, 0.05) is 29.9 Å². The molecular weight excluding hydrogens is 282 g/mol. The number of halogens is 2. The second-order valence-corrected chi connectivity index (χ2v) is 4.14. The first-order valence-electron chi connectivity index (χ1n) is 6.07. The molecule has 110 valence electrons. The van der Waals surface area contributed by atoms with Crippen LogP contribution in [0.15, 0.2) is 48.5 Å². The van der Waals surface area contributed by atoms with Gasteiger partial charge in [0.15, 0.2) is 0 Å². The van der Waals surface area contributed by atoms with E-state index >= 15 is 0 Å². The summed E-state index contributed by atoms with van der Waals surface area (Å²) in [5.41, 5.74) is 1.20. The van der Waals surface area contributed by atoms with Crippen LogP contribution >= 0.6 is 0 Å². The number of anilines is 1. The van der Waals surface area contributed by atoms with Crippen molar-refractivity contribution in [1.82, 2.24) is 0 Å². The minimum Gasteiger partial charge on any atom is -0.434 e. The third-order valence-corrected chi connectivity index (χ3v) is 2.75. The van der Waals surface area contributed by atoms with Gasteiger partial charge in [-0.25, -0.2) is 0 Å². The van der Waals surface area contributed by atoms with E-state index in [0.717, 1.165) is 0 Å². The van der Waals surface area contributed by atoms with Crippen LogP contribution < -0.4 is 10.1 Å². The van der Waals surface area contributed by atoms with Crippen molar-refractivity contribution in [3.63, 3.8) is 0 Å². The summed E-state index contributed by atoms with van der Waals surface area (Å²) in [6.07, 6.45) is 0. The quantitative estimate of drug-likeness (QED) is 0.650. The van der Waals surface area contributed by atoms with Crippen LogP contribution in [0.2, 0.25) is 0 Å². The van der Waals surface area contributed by atoms with Gasteiger partial charge < -0.3 is 10.1 Å². The average Bonchev–Trinajstić information content (AvgIpc) is 2.46. The molecule has 0 atom stereocenters. The Morgan fingerprint density at radius 3 is 2.43 bits per heavy atom. The van der Waals surface area contributed by atoms with Crippen molar-refractivity contribution in [2.24, 2.45) is 0 Å². The number of rotatable bonds is 6. The third-order valence-electron chi connectivity index (χ3n) is 2.75. The van der Waals surface area contributed by atoms with Crippen LogP contribution in [0.5, 0.6) is 5.75 Å². The molecular formula is C14H12F2N2O3. The fourth-order valence-corrected chi connectivity index (χ4v) is 1.76. The Kier molecular flexibility index (Phi) is 4.65. The standard InChI is InChI=1S/C14H12F2N2O3/c15-14(16)21-13-4-2-1-3-10(13)9-17-11-5-7-12(8-6-11)18(19)20/h1-8,14,17H,9H2. The number of nitro groups is 1. The Bertz CT molecular complexity index is 618. The first-order chi connectivity index (χ1) is 10.1. The number of para-hydroxylation sites is 1. The number of hydrogen-bond acceptors (Lipinski definition) is 4. The second-order valence-electron chi connectivity index (χ2n) is 4.14. The molecule has 0 saturated heterocycles. The fourth-order valence-electron chi connectivity index (χ4n) is 1.76. The predicted molar refractivity (Wildman–Crippen MR) is 73.5 cm³/mol. The van der Waals surface area contributed by atoms with Gasteiger partial charge in [0.05, 0.1) is 4.92 Å². The predicted octanol–water partition coefficient (Wildman–Crippen LogP) is 3.81. The van der Waals surface area contributed by atoms with Crippen molar-refractivity contribution in [2.75, 3.05) is 5.32 Å². The molecule has 5 nitrogen and oxygen atoms in total. The monoisotopic (exact) mass is 294 g/mol. The van der Waals surface area contributed by atoms with Crippen molar-refractivity contribution >= 4 is 11.4 Å². The molecule has 0 unspecified atom stereocenters. The van der Waals surface area contributed by atoms with Crippen LogP contribution in [-0.4, -0.2) is 11.5 Å². The average molecular weight is 294 g/mol. The number of ether oxygens (including phenoxy) is 1. The minimum absolute atomic E-state index is 0.0121. The number of non-ortho nitro benzene ring substituents is 1. The second kappa shape index (κ2) is 6.65. The molecule has 0 fully saturated rings. The zero-order chi connectivity index (χ0) is 15.2. The highest BCUT2D eigenvalue weighted by atomic mass is 19.3. The topological polar surface area (TPSA) is 64.4 Å². The first-order valence-corrected chi connectivity index (χ1v) is 6.07. The summed E-state index contributed by atoms with van der Waals surface area (Å²) in [4.78, 5) is 10.0. The normalized spacial score (nSPS) is 10.4. The van der Waals surface area contributed by atoms with E-state index in [9.17, 15) is 18.9 Å². The van der Waals surface area contributed by atoms with Gasteiger partial charge >= 0.3 is 6.61 Å². The largest absolute Gasteiger partial charge is 0.434 e. The number of alkyl halides is 2. The molecule has 0 radical (unpaired) electrons. The number of nitro benzene ring substituents is 1. The van der Waals surface area contributed by atoms with Gasteiger partial charge in [-0.2, -0.15) is 8.78 Å². The highest BCUT2D eigenvalue weighted by Crippen LogP contribution is 2.22. The van der Waals surface area contributed by atoms with Gasteiger partial charge in [-0.1, -0.05) is 18.2 Å². The molecule has 0 aliphatic carbocycles. The lowest BCUT2D eigenvalue weighted by Crippen LogP contribution is -2.07. The molecule has 0 heterocycles. The van der Waals surface area contributed by atoms with E-state index in [2.05, 4.69) is 10.1 Å². The van der Waals surface area contributed by atoms with E-state index < -0.39 is 11.5 Å². The number of benzene rings is 2.